The molecule has 3 N–H and O–H groups in total. The molecule has 3 unspecified atom stereocenters. The molecule has 0 saturated heterocycles. The monoisotopic (exact) mass is 640 g/mol. The average Bonchev–Trinajstić information content (AvgIpc) is 2.99. The summed E-state index contributed by atoms with van der Waals surface area (Å²) in [4.78, 5) is 43.1. The first-order valence-electron chi connectivity index (χ1n) is 15.0. The van der Waals surface area contributed by atoms with Crippen LogP contribution in [0.3, 0.4) is 0 Å². The molecule has 0 bridgehead atoms. The lowest BCUT2D eigenvalue weighted by atomic mass is 9.74. The number of carboxylic acids is 1. The standard InChI is InChI=1S/C33H44N4O9/c1-7-45-32(41)31-26(35-21(2)25(16-29(39)40)30(31)22-11-10-12-23(15-22)37(42)43)18-36(5)20-33(3,4)34-17-24(38)19-46-28-14-9-8-13-27(28)44-6/h8-15,24-25,30,34,38H,7,16-20H2,1-6H3,(H,39,40). The highest BCUT2D eigenvalue weighted by Gasteiger charge is 2.40. The topological polar surface area (TPSA) is 173 Å². The molecule has 0 amide bonds. The minimum Gasteiger partial charge on any atom is -0.493 e. The SMILES string of the molecule is CCOC(=O)C1=C(CN(C)CC(C)(C)NCC(O)COc2ccccc2OC)N=C(C)C(CC(=O)O)C1c1cccc([N+](=O)[O-])c1. The Balaban J connectivity index is 1.82. The lowest BCUT2D eigenvalue weighted by Crippen LogP contribution is -2.51. The molecule has 2 aromatic carbocycles. The largest absolute Gasteiger partial charge is 0.493 e. The first kappa shape index (κ1) is 36.1. The van der Waals surface area contributed by atoms with Gasteiger partial charge in [-0.15, -0.1) is 0 Å². The van der Waals surface area contributed by atoms with Crippen molar-refractivity contribution in [2.45, 2.75) is 51.7 Å². The molecule has 3 rings (SSSR count). The number of para-hydroxylation sites is 2. The quantitative estimate of drug-likeness (QED) is 0.130. The first-order chi connectivity index (χ1) is 21.8. The zero-order chi connectivity index (χ0) is 34.0. The van der Waals surface area contributed by atoms with Crippen molar-refractivity contribution in [1.29, 1.82) is 0 Å². The number of rotatable bonds is 17. The molecule has 1 aliphatic rings. The van der Waals surface area contributed by atoms with Gasteiger partial charge in [0.2, 0.25) is 0 Å². The van der Waals surface area contributed by atoms with Gasteiger partial charge in [0.25, 0.3) is 5.69 Å². The molecular weight excluding hydrogens is 596 g/mol. The summed E-state index contributed by atoms with van der Waals surface area (Å²) in [5, 5.41) is 35.3. The Morgan fingerprint density at radius 3 is 2.50 bits per heavy atom. The van der Waals surface area contributed by atoms with Gasteiger partial charge in [-0.3, -0.25) is 24.8 Å². The molecule has 46 heavy (non-hydrogen) atoms. The number of likely N-dealkylation sites (N-methyl/N-ethyl adjacent to an activating group) is 1. The van der Waals surface area contributed by atoms with E-state index in [1.54, 1.807) is 39.2 Å². The third-order valence-electron chi connectivity index (χ3n) is 7.60. The van der Waals surface area contributed by atoms with Crippen LogP contribution in [0.25, 0.3) is 0 Å². The van der Waals surface area contributed by atoms with Crippen LogP contribution in [0.2, 0.25) is 0 Å². The highest BCUT2D eigenvalue weighted by atomic mass is 16.6. The molecule has 2 aromatic rings. The Labute approximate surface area is 269 Å². The molecule has 13 heteroatoms. The summed E-state index contributed by atoms with van der Waals surface area (Å²) in [5.74, 6) is -2.16. The molecule has 0 saturated carbocycles. The number of aliphatic hydroxyl groups is 1. The number of carbonyl (C=O) groups excluding carboxylic acids is 1. The van der Waals surface area contributed by atoms with Crippen molar-refractivity contribution in [2.24, 2.45) is 10.9 Å². The van der Waals surface area contributed by atoms with E-state index in [0.717, 1.165) is 0 Å². The number of ether oxygens (including phenoxy) is 3. The number of aliphatic carboxylic acids is 1. The molecule has 1 heterocycles. The Morgan fingerprint density at radius 2 is 1.87 bits per heavy atom. The lowest BCUT2D eigenvalue weighted by Gasteiger charge is -2.36. The number of methoxy groups -OCH3 is 1. The van der Waals surface area contributed by atoms with E-state index in [4.69, 9.17) is 19.2 Å². The van der Waals surface area contributed by atoms with Crippen molar-refractivity contribution in [3.63, 3.8) is 0 Å². The summed E-state index contributed by atoms with van der Waals surface area (Å²) < 4.78 is 16.4. The Bertz CT molecular complexity index is 1460. The summed E-state index contributed by atoms with van der Waals surface area (Å²) >= 11 is 0. The molecule has 0 aliphatic carbocycles. The smallest absolute Gasteiger partial charge is 0.336 e. The number of nitrogens with zero attached hydrogens (tertiary/aromatic N) is 3. The van der Waals surface area contributed by atoms with Gasteiger partial charge in [-0.25, -0.2) is 4.79 Å². The number of hydrogen-bond donors (Lipinski definition) is 3. The Morgan fingerprint density at radius 1 is 1.17 bits per heavy atom. The maximum Gasteiger partial charge on any atom is 0.336 e. The van der Waals surface area contributed by atoms with Crippen LogP contribution in [0.4, 0.5) is 5.69 Å². The molecule has 0 fully saturated rings. The third-order valence-corrected chi connectivity index (χ3v) is 7.60. The van der Waals surface area contributed by atoms with Crippen molar-refractivity contribution < 1.29 is 38.9 Å². The molecular formula is C33H44N4O9. The third kappa shape index (κ3) is 9.83. The molecule has 0 aromatic heterocycles. The van der Waals surface area contributed by atoms with Crippen molar-refractivity contribution in [1.82, 2.24) is 10.2 Å². The minimum absolute atomic E-state index is 0.0552. The second-order valence-corrected chi connectivity index (χ2v) is 11.9. The number of benzene rings is 2. The van der Waals surface area contributed by atoms with E-state index < -0.39 is 40.3 Å². The summed E-state index contributed by atoms with van der Waals surface area (Å²) in [6.45, 7) is 8.39. The van der Waals surface area contributed by atoms with Crippen LogP contribution in [0, 0.1) is 16.0 Å². The summed E-state index contributed by atoms with van der Waals surface area (Å²) in [5.41, 5.74) is 0.856. The summed E-state index contributed by atoms with van der Waals surface area (Å²) in [6.07, 6.45) is -1.13. The van der Waals surface area contributed by atoms with Crippen LogP contribution in [0.1, 0.15) is 45.6 Å². The van der Waals surface area contributed by atoms with Crippen molar-refractivity contribution >= 4 is 23.3 Å². The van der Waals surface area contributed by atoms with Crippen molar-refractivity contribution in [3.05, 3.63) is 75.5 Å². The molecule has 1 aliphatic heterocycles. The number of carboxylic acid groups (broad SMARTS) is 1. The first-order valence-corrected chi connectivity index (χ1v) is 15.0. The van der Waals surface area contributed by atoms with Crippen LogP contribution in [0.15, 0.2) is 64.8 Å². The number of nitro benzene ring substituents is 1. The van der Waals surface area contributed by atoms with Crippen LogP contribution in [-0.2, 0) is 14.3 Å². The summed E-state index contributed by atoms with van der Waals surface area (Å²) in [6, 6.07) is 13.1. The van der Waals surface area contributed by atoms with E-state index in [1.165, 1.54) is 18.2 Å². The zero-order valence-corrected chi connectivity index (χ0v) is 27.2. The maximum absolute atomic E-state index is 13.5. The molecule has 0 spiro atoms. The van der Waals surface area contributed by atoms with E-state index in [9.17, 15) is 29.9 Å². The molecule has 3 atom stereocenters. The average molecular weight is 641 g/mol. The highest BCUT2D eigenvalue weighted by molar-refractivity contribution is 5.98. The number of aliphatic hydroxyl groups excluding tert-OH is 1. The number of hydrogen-bond acceptors (Lipinski definition) is 11. The lowest BCUT2D eigenvalue weighted by molar-refractivity contribution is -0.384. The van der Waals surface area contributed by atoms with E-state index in [2.05, 4.69) is 5.32 Å². The second-order valence-electron chi connectivity index (χ2n) is 11.9. The number of carbonyl (C=O) groups is 2. The predicted molar refractivity (Wildman–Crippen MR) is 172 cm³/mol. The number of esters is 1. The number of aliphatic imine (C=N–C) groups is 1. The maximum atomic E-state index is 13.5. The Hall–Kier alpha value is -4.33. The van der Waals surface area contributed by atoms with E-state index in [1.807, 2.05) is 37.9 Å². The number of non-ortho nitro benzene ring substituents is 1. The van der Waals surface area contributed by atoms with Gasteiger partial charge in [-0.05, 0) is 52.4 Å². The van der Waals surface area contributed by atoms with Crippen LogP contribution in [-0.4, -0.2) is 96.3 Å². The van der Waals surface area contributed by atoms with Crippen LogP contribution >= 0.6 is 0 Å². The van der Waals surface area contributed by atoms with Crippen LogP contribution < -0.4 is 14.8 Å². The fourth-order valence-corrected chi connectivity index (χ4v) is 5.66. The van der Waals surface area contributed by atoms with Gasteiger partial charge in [0.15, 0.2) is 11.5 Å². The van der Waals surface area contributed by atoms with Crippen molar-refractivity contribution in [3.8, 4) is 11.5 Å². The molecule has 13 nitrogen and oxygen atoms in total. The minimum atomic E-state index is -1.08. The second kappa shape index (κ2) is 16.3. The molecule has 0 radical (unpaired) electrons. The normalized spacial score (nSPS) is 17.3. The predicted octanol–water partition coefficient (Wildman–Crippen LogP) is 3.81. The van der Waals surface area contributed by atoms with Gasteiger partial charge >= 0.3 is 11.9 Å². The van der Waals surface area contributed by atoms with E-state index >= 15 is 0 Å². The van der Waals surface area contributed by atoms with Gasteiger partial charge < -0.3 is 29.7 Å². The fourth-order valence-electron chi connectivity index (χ4n) is 5.66. The summed E-state index contributed by atoms with van der Waals surface area (Å²) in [7, 11) is 3.41. The van der Waals surface area contributed by atoms with E-state index in [-0.39, 0.29) is 44.0 Å². The van der Waals surface area contributed by atoms with Gasteiger partial charge in [-0.2, -0.15) is 0 Å². The van der Waals surface area contributed by atoms with Gasteiger partial charge in [0.1, 0.15) is 12.7 Å². The van der Waals surface area contributed by atoms with E-state index in [0.29, 0.717) is 35.0 Å². The van der Waals surface area contributed by atoms with Crippen LogP contribution in [0.5, 0.6) is 11.5 Å². The van der Waals surface area contributed by atoms with Gasteiger partial charge in [0.05, 0.1) is 36.3 Å². The van der Waals surface area contributed by atoms with Gasteiger partial charge in [0, 0.05) is 54.9 Å². The number of nitro groups is 1. The molecule has 250 valence electrons. The highest BCUT2D eigenvalue weighted by Crippen LogP contribution is 2.42. The number of nitrogens with one attached hydrogen (secondary N) is 1. The van der Waals surface area contributed by atoms with Gasteiger partial charge in [-0.1, -0.05) is 24.3 Å². The Kier molecular flexibility index (Phi) is 12.8. The number of β-amino-alcohol motifs (C(OH)–C–C–N with tert-alkyl or cyclic N) is 1. The fraction of sp³-hybridized carbons (Fsp3) is 0.485. The zero-order valence-electron chi connectivity index (χ0n) is 27.2. The van der Waals surface area contributed by atoms with Crippen molar-refractivity contribution in [2.75, 3.05) is 47.0 Å².